The molecule has 0 bridgehead atoms. The van der Waals surface area contributed by atoms with E-state index in [1.807, 2.05) is 0 Å². The van der Waals surface area contributed by atoms with Gasteiger partial charge in [0, 0.05) is 26.2 Å². The zero-order valence-corrected chi connectivity index (χ0v) is 17.2. The molecule has 1 N–H and O–H groups in total. The van der Waals surface area contributed by atoms with E-state index in [9.17, 15) is 9.59 Å². The van der Waals surface area contributed by atoms with Crippen LogP contribution in [0.15, 0.2) is 42.5 Å². The van der Waals surface area contributed by atoms with Crippen LogP contribution in [-0.4, -0.2) is 44.0 Å². The highest BCUT2D eigenvalue weighted by Gasteiger charge is 2.08. The Bertz CT molecular complexity index is 810. The second-order valence-electron chi connectivity index (χ2n) is 6.15. The maximum atomic E-state index is 12.0. The summed E-state index contributed by atoms with van der Waals surface area (Å²) < 4.78 is 10.9. The molecule has 150 valence electrons. The Balaban J connectivity index is 1.71. The van der Waals surface area contributed by atoms with Gasteiger partial charge in [-0.1, -0.05) is 29.3 Å². The molecule has 0 aliphatic heterocycles. The number of halogens is 2. The molecule has 6 nitrogen and oxygen atoms in total. The minimum Gasteiger partial charge on any atom is -0.492 e. The molecule has 0 radical (unpaired) electrons. The van der Waals surface area contributed by atoms with Crippen LogP contribution in [0.25, 0.3) is 0 Å². The van der Waals surface area contributed by atoms with Crippen LogP contribution in [0.3, 0.4) is 0 Å². The first kappa shape index (κ1) is 21.9. The number of carbonyl (C=O) groups is 2. The predicted octanol–water partition coefficient (Wildman–Crippen LogP) is 4.26. The van der Waals surface area contributed by atoms with Crippen LogP contribution in [0.1, 0.15) is 12.8 Å². The van der Waals surface area contributed by atoms with Crippen molar-refractivity contribution in [2.24, 2.45) is 0 Å². The summed E-state index contributed by atoms with van der Waals surface area (Å²) in [4.78, 5) is 25.0. The van der Waals surface area contributed by atoms with Crippen LogP contribution in [0.4, 0.5) is 5.69 Å². The van der Waals surface area contributed by atoms with E-state index in [1.165, 1.54) is 4.90 Å². The van der Waals surface area contributed by atoms with Crippen molar-refractivity contribution in [1.82, 2.24) is 4.90 Å². The van der Waals surface area contributed by atoms with E-state index in [2.05, 4.69) is 5.32 Å². The number of nitrogens with one attached hydrogen (secondary N) is 1. The Labute approximate surface area is 174 Å². The first-order chi connectivity index (χ1) is 13.4. The Hall–Kier alpha value is -2.44. The standard InChI is InChI=1S/C20H22Cl2N2O4/c1-24(2)19(26)13-28-15-10-8-14(9-11-15)23-18(25)7-4-12-27-17-6-3-5-16(21)20(17)22/h3,5-6,8-11H,4,7,12-13H2,1-2H3,(H,23,25). The summed E-state index contributed by atoms with van der Waals surface area (Å²) in [5.41, 5.74) is 0.648. The summed E-state index contributed by atoms with van der Waals surface area (Å²) in [5, 5.41) is 3.59. The number of ether oxygens (including phenoxy) is 2. The number of hydrogen-bond acceptors (Lipinski definition) is 4. The SMILES string of the molecule is CN(C)C(=O)COc1ccc(NC(=O)CCCOc2cccc(Cl)c2Cl)cc1. The highest BCUT2D eigenvalue weighted by atomic mass is 35.5. The normalized spacial score (nSPS) is 10.3. The van der Waals surface area contributed by atoms with Crippen LogP contribution in [0.5, 0.6) is 11.5 Å². The molecule has 8 heteroatoms. The van der Waals surface area contributed by atoms with Crippen molar-refractivity contribution in [3.63, 3.8) is 0 Å². The van der Waals surface area contributed by atoms with Gasteiger partial charge in [-0.3, -0.25) is 9.59 Å². The van der Waals surface area contributed by atoms with Gasteiger partial charge in [0.15, 0.2) is 6.61 Å². The van der Waals surface area contributed by atoms with Crippen LogP contribution >= 0.6 is 23.2 Å². The summed E-state index contributed by atoms with van der Waals surface area (Å²) in [7, 11) is 3.33. The molecule has 0 atom stereocenters. The lowest BCUT2D eigenvalue weighted by atomic mass is 10.2. The molecular formula is C20H22Cl2N2O4. The average Bonchev–Trinajstić information content (AvgIpc) is 2.67. The van der Waals surface area contributed by atoms with Crippen molar-refractivity contribution < 1.29 is 19.1 Å². The zero-order valence-electron chi connectivity index (χ0n) is 15.7. The second-order valence-corrected chi connectivity index (χ2v) is 6.94. The van der Waals surface area contributed by atoms with Crippen LogP contribution in [0, 0.1) is 0 Å². The molecule has 0 heterocycles. The smallest absolute Gasteiger partial charge is 0.259 e. The van der Waals surface area contributed by atoms with E-state index in [0.717, 1.165) is 0 Å². The number of anilines is 1. The fraction of sp³-hybridized carbons (Fsp3) is 0.300. The van der Waals surface area contributed by atoms with E-state index in [0.29, 0.717) is 46.7 Å². The number of likely N-dealkylation sites (N-methyl/N-ethyl adjacent to an activating group) is 1. The molecule has 2 amide bonds. The quantitative estimate of drug-likeness (QED) is 0.610. The lowest BCUT2D eigenvalue weighted by molar-refractivity contribution is -0.130. The monoisotopic (exact) mass is 424 g/mol. The Morgan fingerprint density at radius 3 is 2.43 bits per heavy atom. The fourth-order valence-electron chi connectivity index (χ4n) is 2.14. The van der Waals surface area contributed by atoms with Crippen LogP contribution < -0.4 is 14.8 Å². The first-order valence-corrected chi connectivity index (χ1v) is 9.42. The van der Waals surface area contributed by atoms with Crippen molar-refractivity contribution in [1.29, 1.82) is 0 Å². The van der Waals surface area contributed by atoms with Gasteiger partial charge < -0.3 is 19.7 Å². The fourth-order valence-corrected chi connectivity index (χ4v) is 2.49. The van der Waals surface area contributed by atoms with Gasteiger partial charge in [0.1, 0.15) is 16.5 Å². The van der Waals surface area contributed by atoms with E-state index >= 15 is 0 Å². The number of benzene rings is 2. The minimum atomic E-state index is -0.128. The Kier molecular flexibility index (Phi) is 8.42. The van der Waals surface area contributed by atoms with Gasteiger partial charge in [-0.15, -0.1) is 0 Å². The van der Waals surface area contributed by atoms with Gasteiger partial charge in [-0.05, 0) is 42.8 Å². The number of carbonyl (C=O) groups excluding carboxylic acids is 2. The molecule has 0 spiro atoms. The van der Waals surface area contributed by atoms with E-state index < -0.39 is 0 Å². The molecule has 0 aromatic heterocycles. The van der Waals surface area contributed by atoms with Crippen LogP contribution in [0.2, 0.25) is 10.0 Å². The molecule has 0 aliphatic rings. The molecule has 0 saturated carbocycles. The van der Waals surface area contributed by atoms with Gasteiger partial charge in [0.05, 0.1) is 11.6 Å². The first-order valence-electron chi connectivity index (χ1n) is 8.66. The highest BCUT2D eigenvalue weighted by molar-refractivity contribution is 6.42. The van der Waals surface area contributed by atoms with Crippen molar-refractivity contribution in [2.75, 3.05) is 32.6 Å². The van der Waals surface area contributed by atoms with Gasteiger partial charge in [0.2, 0.25) is 5.91 Å². The van der Waals surface area contributed by atoms with Gasteiger partial charge in [0.25, 0.3) is 5.91 Å². The third kappa shape index (κ3) is 6.94. The number of rotatable bonds is 9. The summed E-state index contributed by atoms with van der Waals surface area (Å²) in [5.74, 6) is 0.800. The molecule has 2 rings (SSSR count). The number of nitrogens with zero attached hydrogens (tertiary/aromatic N) is 1. The van der Waals surface area contributed by atoms with Gasteiger partial charge >= 0.3 is 0 Å². The van der Waals surface area contributed by atoms with E-state index in [-0.39, 0.29) is 18.4 Å². The van der Waals surface area contributed by atoms with Gasteiger partial charge in [-0.2, -0.15) is 0 Å². The van der Waals surface area contributed by atoms with Crippen LogP contribution in [-0.2, 0) is 9.59 Å². The van der Waals surface area contributed by atoms with Crippen molar-refractivity contribution in [3.8, 4) is 11.5 Å². The van der Waals surface area contributed by atoms with E-state index in [1.54, 1.807) is 56.6 Å². The third-order valence-corrected chi connectivity index (χ3v) is 4.52. The Morgan fingerprint density at radius 2 is 1.75 bits per heavy atom. The molecule has 2 aromatic rings. The van der Waals surface area contributed by atoms with E-state index in [4.69, 9.17) is 32.7 Å². The molecular weight excluding hydrogens is 403 g/mol. The predicted molar refractivity (Wildman–Crippen MR) is 110 cm³/mol. The second kappa shape index (κ2) is 10.8. The molecule has 0 fully saturated rings. The topological polar surface area (TPSA) is 67.9 Å². The number of hydrogen-bond donors (Lipinski definition) is 1. The zero-order chi connectivity index (χ0) is 20.5. The maximum absolute atomic E-state index is 12.0. The maximum Gasteiger partial charge on any atom is 0.259 e. The van der Waals surface area contributed by atoms with Crippen molar-refractivity contribution in [2.45, 2.75) is 12.8 Å². The number of amides is 2. The molecule has 0 unspecified atom stereocenters. The Morgan fingerprint density at radius 1 is 1.04 bits per heavy atom. The van der Waals surface area contributed by atoms with Crippen molar-refractivity contribution >= 4 is 40.7 Å². The summed E-state index contributed by atoms with van der Waals surface area (Å²) in [6.45, 7) is 0.315. The highest BCUT2D eigenvalue weighted by Crippen LogP contribution is 2.31. The van der Waals surface area contributed by atoms with Crippen molar-refractivity contribution in [3.05, 3.63) is 52.5 Å². The molecule has 28 heavy (non-hydrogen) atoms. The summed E-state index contributed by atoms with van der Waals surface area (Å²) in [6.07, 6.45) is 0.830. The third-order valence-electron chi connectivity index (χ3n) is 3.72. The molecule has 0 aliphatic carbocycles. The van der Waals surface area contributed by atoms with Gasteiger partial charge in [-0.25, -0.2) is 0 Å². The summed E-state index contributed by atoms with van der Waals surface area (Å²) >= 11 is 12.0. The largest absolute Gasteiger partial charge is 0.492 e. The lowest BCUT2D eigenvalue weighted by Crippen LogP contribution is -2.27. The summed E-state index contributed by atoms with van der Waals surface area (Å²) in [6, 6.07) is 12.0. The molecule has 2 aromatic carbocycles. The molecule has 0 saturated heterocycles. The minimum absolute atomic E-state index is 0.0324. The lowest BCUT2D eigenvalue weighted by Gasteiger charge is -2.12. The average molecular weight is 425 g/mol.